The molecule has 6 nitrogen and oxygen atoms in total. The fraction of sp³-hybridized carbons (Fsp3) is 0.280. The van der Waals surface area contributed by atoms with Crippen molar-refractivity contribution in [2.24, 2.45) is 5.41 Å². The summed E-state index contributed by atoms with van der Waals surface area (Å²) >= 11 is 0. The van der Waals surface area contributed by atoms with Crippen molar-refractivity contribution in [3.8, 4) is 11.1 Å². The number of nitrogens with one attached hydrogen (secondary N) is 1. The van der Waals surface area contributed by atoms with E-state index in [1.54, 1.807) is 17.0 Å². The Labute approximate surface area is 186 Å². The van der Waals surface area contributed by atoms with Crippen molar-refractivity contribution >= 4 is 11.8 Å². The van der Waals surface area contributed by atoms with Gasteiger partial charge in [-0.2, -0.15) is 0 Å². The Balaban J connectivity index is 1.59. The van der Waals surface area contributed by atoms with Crippen LogP contribution in [0.2, 0.25) is 0 Å². The number of carbonyl (C=O) groups is 2. The first-order valence-electron chi connectivity index (χ1n) is 10.7. The lowest BCUT2D eigenvalue weighted by molar-refractivity contribution is -0.130. The highest BCUT2D eigenvalue weighted by atomic mass is 19.1. The molecule has 1 saturated heterocycles. The molecule has 0 bridgehead atoms. The Bertz CT molecular complexity index is 1100. The SMILES string of the molecule is CCNC(=O)[C@]1(Cc2cccc(-c3ccc(F)cc3)c2)CCN(C(=O)c2cnccn2)C1. The van der Waals surface area contributed by atoms with Gasteiger partial charge in [0.2, 0.25) is 5.91 Å². The third-order valence-corrected chi connectivity index (χ3v) is 5.89. The van der Waals surface area contributed by atoms with Crippen LogP contribution in [0.5, 0.6) is 0 Å². The standard InChI is InChI=1S/C25H25FN4O2/c1-2-28-24(32)25(10-13-30(17-25)23(31)22-16-27-11-12-29-22)15-18-4-3-5-20(14-18)19-6-8-21(26)9-7-19/h3-9,11-12,14,16H,2,10,13,15,17H2,1H3,(H,28,32)/t25-/m0/s1. The van der Waals surface area contributed by atoms with Crippen LogP contribution in [0.3, 0.4) is 0 Å². The number of aromatic nitrogens is 2. The van der Waals surface area contributed by atoms with E-state index < -0.39 is 5.41 Å². The minimum absolute atomic E-state index is 0.0540. The van der Waals surface area contributed by atoms with Crippen LogP contribution < -0.4 is 5.32 Å². The van der Waals surface area contributed by atoms with Crippen molar-refractivity contribution in [2.75, 3.05) is 19.6 Å². The van der Waals surface area contributed by atoms with Gasteiger partial charge in [-0.05, 0) is 48.6 Å². The van der Waals surface area contributed by atoms with Gasteiger partial charge in [-0.15, -0.1) is 0 Å². The normalized spacial score (nSPS) is 17.9. The molecule has 32 heavy (non-hydrogen) atoms. The van der Waals surface area contributed by atoms with E-state index in [-0.39, 0.29) is 23.3 Å². The van der Waals surface area contributed by atoms with Crippen molar-refractivity contribution < 1.29 is 14.0 Å². The van der Waals surface area contributed by atoms with Crippen LogP contribution in [-0.2, 0) is 11.2 Å². The van der Waals surface area contributed by atoms with Gasteiger partial charge in [0.25, 0.3) is 5.91 Å². The number of hydrogen-bond acceptors (Lipinski definition) is 4. The van der Waals surface area contributed by atoms with Gasteiger partial charge in [0.1, 0.15) is 11.5 Å². The predicted molar refractivity (Wildman–Crippen MR) is 119 cm³/mol. The molecule has 164 valence electrons. The Morgan fingerprint density at radius 1 is 1.12 bits per heavy atom. The quantitative estimate of drug-likeness (QED) is 0.647. The molecule has 1 fully saturated rings. The van der Waals surface area contributed by atoms with E-state index in [2.05, 4.69) is 15.3 Å². The molecule has 3 aromatic rings. The predicted octanol–water partition coefficient (Wildman–Crippen LogP) is 3.49. The average Bonchev–Trinajstić information content (AvgIpc) is 3.25. The Kier molecular flexibility index (Phi) is 6.25. The molecular weight excluding hydrogens is 407 g/mol. The number of likely N-dealkylation sites (tertiary alicyclic amines) is 1. The third-order valence-electron chi connectivity index (χ3n) is 5.89. The van der Waals surface area contributed by atoms with Crippen LogP contribution >= 0.6 is 0 Å². The minimum Gasteiger partial charge on any atom is -0.356 e. The van der Waals surface area contributed by atoms with E-state index in [9.17, 15) is 14.0 Å². The molecule has 2 aromatic carbocycles. The zero-order valence-corrected chi connectivity index (χ0v) is 17.9. The summed E-state index contributed by atoms with van der Waals surface area (Å²) in [6.07, 6.45) is 5.51. The van der Waals surface area contributed by atoms with Gasteiger partial charge in [-0.3, -0.25) is 14.6 Å². The lowest BCUT2D eigenvalue weighted by atomic mass is 9.79. The zero-order valence-electron chi connectivity index (χ0n) is 17.9. The summed E-state index contributed by atoms with van der Waals surface area (Å²) in [7, 11) is 0. The molecule has 7 heteroatoms. The lowest BCUT2D eigenvalue weighted by Gasteiger charge is -2.28. The van der Waals surface area contributed by atoms with Gasteiger partial charge in [-0.25, -0.2) is 9.37 Å². The monoisotopic (exact) mass is 432 g/mol. The summed E-state index contributed by atoms with van der Waals surface area (Å²) in [6.45, 7) is 3.20. The van der Waals surface area contributed by atoms with Crippen LogP contribution in [0.25, 0.3) is 11.1 Å². The summed E-state index contributed by atoms with van der Waals surface area (Å²) in [5, 5.41) is 2.95. The highest BCUT2D eigenvalue weighted by molar-refractivity contribution is 5.93. The summed E-state index contributed by atoms with van der Waals surface area (Å²) < 4.78 is 13.3. The van der Waals surface area contributed by atoms with E-state index >= 15 is 0 Å². The first kappa shape index (κ1) is 21.6. The van der Waals surface area contributed by atoms with Crippen molar-refractivity contribution in [1.82, 2.24) is 20.2 Å². The fourth-order valence-electron chi connectivity index (χ4n) is 4.27. The summed E-state index contributed by atoms with van der Waals surface area (Å²) in [6, 6.07) is 14.3. The second-order valence-corrected chi connectivity index (χ2v) is 8.09. The number of carbonyl (C=O) groups excluding carboxylic acids is 2. The molecular formula is C25H25FN4O2. The number of halogens is 1. The van der Waals surface area contributed by atoms with E-state index in [0.29, 0.717) is 32.5 Å². The number of nitrogens with zero attached hydrogens (tertiary/aromatic N) is 3. The zero-order chi connectivity index (χ0) is 22.6. The van der Waals surface area contributed by atoms with Crippen LogP contribution in [0, 0.1) is 11.2 Å². The van der Waals surface area contributed by atoms with Gasteiger partial charge >= 0.3 is 0 Å². The fourth-order valence-corrected chi connectivity index (χ4v) is 4.27. The molecule has 1 atom stereocenters. The van der Waals surface area contributed by atoms with Crippen molar-refractivity contribution in [3.63, 3.8) is 0 Å². The topological polar surface area (TPSA) is 75.2 Å². The molecule has 2 heterocycles. The van der Waals surface area contributed by atoms with Crippen molar-refractivity contribution in [3.05, 3.63) is 84.2 Å². The maximum atomic E-state index is 13.3. The summed E-state index contributed by atoms with van der Waals surface area (Å²) in [5.41, 5.74) is 2.41. The van der Waals surface area contributed by atoms with Crippen LogP contribution in [-0.4, -0.2) is 46.3 Å². The molecule has 0 unspecified atom stereocenters. The molecule has 1 N–H and O–H groups in total. The van der Waals surface area contributed by atoms with Crippen molar-refractivity contribution in [2.45, 2.75) is 19.8 Å². The highest BCUT2D eigenvalue weighted by Crippen LogP contribution is 2.36. The van der Waals surface area contributed by atoms with Gasteiger partial charge in [0, 0.05) is 32.0 Å². The number of hydrogen-bond donors (Lipinski definition) is 1. The van der Waals surface area contributed by atoms with Crippen LogP contribution in [0.1, 0.15) is 29.4 Å². The molecule has 0 radical (unpaired) electrons. The highest BCUT2D eigenvalue weighted by Gasteiger charge is 2.46. The Morgan fingerprint density at radius 2 is 1.94 bits per heavy atom. The summed E-state index contributed by atoms with van der Waals surface area (Å²) in [4.78, 5) is 35.8. The molecule has 1 aliphatic rings. The Morgan fingerprint density at radius 3 is 2.66 bits per heavy atom. The molecule has 2 amide bonds. The van der Waals surface area contributed by atoms with E-state index in [1.807, 2.05) is 31.2 Å². The molecule has 1 aromatic heterocycles. The average molecular weight is 432 g/mol. The molecule has 0 spiro atoms. The molecule has 0 saturated carbocycles. The third kappa shape index (κ3) is 4.51. The van der Waals surface area contributed by atoms with Gasteiger partial charge in [0.15, 0.2) is 0 Å². The Hall–Kier alpha value is -3.61. The molecule has 0 aliphatic carbocycles. The van der Waals surface area contributed by atoms with Gasteiger partial charge in [0.05, 0.1) is 11.6 Å². The molecule has 1 aliphatic heterocycles. The lowest BCUT2D eigenvalue weighted by Crippen LogP contribution is -2.45. The first-order chi connectivity index (χ1) is 15.5. The van der Waals surface area contributed by atoms with E-state index in [4.69, 9.17) is 0 Å². The second-order valence-electron chi connectivity index (χ2n) is 8.09. The van der Waals surface area contributed by atoms with Gasteiger partial charge in [-0.1, -0.05) is 36.4 Å². The minimum atomic E-state index is -0.727. The number of benzene rings is 2. The van der Waals surface area contributed by atoms with E-state index in [0.717, 1.165) is 16.7 Å². The smallest absolute Gasteiger partial charge is 0.274 e. The van der Waals surface area contributed by atoms with Gasteiger partial charge < -0.3 is 10.2 Å². The largest absolute Gasteiger partial charge is 0.356 e. The molecule has 4 rings (SSSR count). The number of amides is 2. The van der Waals surface area contributed by atoms with Crippen LogP contribution in [0.15, 0.2) is 67.1 Å². The van der Waals surface area contributed by atoms with Crippen LogP contribution in [0.4, 0.5) is 4.39 Å². The summed E-state index contributed by atoms with van der Waals surface area (Å²) in [5.74, 6) is -0.551. The van der Waals surface area contributed by atoms with Crippen molar-refractivity contribution in [1.29, 1.82) is 0 Å². The maximum Gasteiger partial charge on any atom is 0.274 e. The maximum absolute atomic E-state index is 13.3. The number of rotatable bonds is 6. The van der Waals surface area contributed by atoms with E-state index in [1.165, 1.54) is 30.7 Å². The second kappa shape index (κ2) is 9.26. The first-order valence-corrected chi connectivity index (χ1v) is 10.7.